The van der Waals surface area contributed by atoms with Crippen LogP contribution in [0.25, 0.3) is 0 Å². The molecule has 3 nitrogen and oxygen atoms in total. The van der Waals surface area contributed by atoms with Gasteiger partial charge >= 0.3 is 0 Å². The quantitative estimate of drug-likeness (QED) is 0.880. The van der Waals surface area contributed by atoms with Gasteiger partial charge in [0.05, 0.1) is 7.11 Å². The first kappa shape index (κ1) is 14.2. The Kier molecular flexibility index (Phi) is 4.70. The van der Waals surface area contributed by atoms with Gasteiger partial charge in [-0.05, 0) is 38.9 Å². The smallest absolute Gasteiger partial charge is 0.125 e. The first-order valence-electron chi connectivity index (χ1n) is 7.26. The van der Waals surface area contributed by atoms with Gasteiger partial charge in [0.2, 0.25) is 0 Å². The van der Waals surface area contributed by atoms with Crippen LogP contribution in [0.5, 0.6) is 5.75 Å². The Bertz CT molecular complexity index is 413. The second-order valence-corrected chi connectivity index (χ2v) is 5.45. The number of hydrogen-bond acceptors (Lipinski definition) is 3. The van der Waals surface area contributed by atoms with Crippen LogP contribution in [0, 0.1) is 0 Å². The summed E-state index contributed by atoms with van der Waals surface area (Å²) in [5.41, 5.74) is 2.56. The first-order chi connectivity index (χ1) is 9.19. The number of nitrogens with one attached hydrogen (secondary N) is 1. The molecule has 1 aromatic rings. The zero-order valence-corrected chi connectivity index (χ0v) is 12.6. The molecule has 0 aromatic heterocycles. The molecule has 1 fully saturated rings. The summed E-state index contributed by atoms with van der Waals surface area (Å²) < 4.78 is 5.56. The molecule has 0 heterocycles. The van der Waals surface area contributed by atoms with Gasteiger partial charge in [0.25, 0.3) is 0 Å². The molecule has 1 saturated carbocycles. The molecule has 19 heavy (non-hydrogen) atoms. The van der Waals surface area contributed by atoms with Crippen LogP contribution < -0.4 is 15.0 Å². The molecule has 1 N–H and O–H groups in total. The maximum atomic E-state index is 5.56. The molecule has 3 heteroatoms. The third-order valence-electron chi connectivity index (χ3n) is 4.38. The summed E-state index contributed by atoms with van der Waals surface area (Å²) in [4.78, 5) is 2.44. The molecule has 1 aromatic carbocycles. The third kappa shape index (κ3) is 2.86. The van der Waals surface area contributed by atoms with E-state index in [1.807, 2.05) is 7.05 Å². The minimum absolute atomic E-state index is 0.287. The lowest BCUT2D eigenvalue weighted by Gasteiger charge is -2.31. The van der Waals surface area contributed by atoms with E-state index >= 15 is 0 Å². The molecule has 2 rings (SSSR count). The summed E-state index contributed by atoms with van der Waals surface area (Å²) in [5, 5.41) is 3.34. The molecule has 1 aliphatic rings. The summed E-state index contributed by atoms with van der Waals surface area (Å²) in [7, 11) is 5.97. The van der Waals surface area contributed by atoms with Crippen LogP contribution >= 0.6 is 0 Å². The van der Waals surface area contributed by atoms with Crippen molar-refractivity contribution in [2.45, 2.75) is 44.7 Å². The molecule has 0 aliphatic heterocycles. The Morgan fingerprint density at radius 1 is 1.32 bits per heavy atom. The van der Waals surface area contributed by atoms with Crippen molar-refractivity contribution in [1.82, 2.24) is 5.32 Å². The first-order valence-corrected chi connectivity index (χ1v) is 7.26. The van der Waals surface area contributed by atoms with Gasteiger partial charge in [0.15, 0.2) is 0 Å². The molecular weight excluding hydrogens is 236 g/mol. The number of anilines is 1. The number of nitrogens with zero attached hydrogens (tertiary/aromatic N) is 1. The van der Waals surface area contributed by atoms with Crippen LogP contribution in [-0.2, 0) is 0 Å². The Hall–Kier alpha value is -1.22. The molecule has 1 atom stereocenters. The fraction of sp³-hybridized carbons (Fsp3) is 0.625. The van der Waals surface area contributed by atoms with E-state index in [0.717, 1.165) is 5.75 Å². The maximum absolute atomic E-state index is 5.56. The minimum atomic E-state index is 0.287. The molecule has 0 spiro atoms. The highest BCUT2D eigenvalue weighted by molar-refractivity contribution is 5.61. The van der Waals surface area contributed by atoms with Crippen molar-refractivity contribution in [3.8, 4) is 5.75 Å². The van der Waals surface area contributed by atoms with Crippen molar-refractivity contribution >= 4 is 5.69 Å². The fourth-order valence-electron chi connectivity index (χ4n) is 3.09. The Morgan fingerprint density at radius 3 is 2.58 bits per heavy atom. The lowest BCUT2D eigenvalue weighted by Crippen LogP contribution is -2.30. The summed E-state index contributed by atoms with van der Waals surface area (Å²) in [5.74, 6) is 0.976. The highest BCUT2D eigenvalue weighted by atomic mass is 16.5. The Morgan fingerprint density at radius 2 is 2.00 bits per heavy atom. The van der Waals surface area contributed by atoms with Gasteiger partial charge in [0.1, 0.15) is 5.75 Å². The lowest BCUT2D eigenvalue weighted by atomic mass is 10.0. The van der Waals surface area contributed by atoms with E-state index in [1.165, 1.54) is 36.9 Å². The summed E-state index contributed by atoms with van der Waals surface area (Å²) in [6, 6.07) is 7.31. The van der Waals surface area contributed by atoms with Crippen LogP contribution in [0.3, 0.4) is 0 Å². The number of rotatable bonds is 5. The minimum Gasteiger partial charge on any atom is -0.496 e. The molecule has 0 bridgehead atoms. The van der Waals surface area contributed by atoms with E-state index in [9.17, 15) is 0 Å². The van der Waals surface area contributed by atoms with Crippen molar-refractivity contribution in [3.63, 3.8) is 0 Å². The zero-order chi connectivity index (χ0) is 13.8. The number of methoxy groups -OCH3 is 1. The average Bonchev–Trinajstić information content (AvgIpc) is 2.98. The number of ether oxygens (including phenoxy) is 1. The monoisotopic (exact) mass is 262 g/mol. The van der Waals surface area contributed by atoms with Gasteiger partial charge in [-0.15, -0.1) is 0 Å². The second-order valence-electron chi connectivity index (χ2n) is 5.45. The van der Waals surface area contributed by atoms with Crippen molar-refractivity contribution in [1.29, 1.82) is 0 Å². The molecule has 1 aliphatic carbocycles. The lowest BCUT2D eigenvalue weighted by molar-refractivity contribution is 0.403. The summed E-state index contributed by atoms with van der Waals surface area (Å²) in [6.07, 6.45) is 5.33. The molecule has 0 radical (unpaired) electrons. The van der Waals surface area contributed by atoms with Gasteiger partial charge in [-0.1, -0.05) is 18.9 Å². The number of hydrogen-bond donors (Lipinski definition) is 1. The molecule has 0 amide bonds. The Balaban J connectivity index is 2.37. The van der Waals surface area contributed by atoms with E-state index in [4.69, 9.17) is 4.74 Å². The largest absolute Gasteiger partial charge is 0.496 e. The van der Waals surface area contributed by atoms with Crippen LogP contribution in [-0.4, -0.2) is 27.2 Å². The van der Waals surface area contributed by atoms with Gasteiger partial charge in [-0.2, -0.15) is 0 Å². The second kappa shape index (κ2) is 6.29. The molecule has 106 valence electrons. The van der Waals surface area contributed by atoms with E-state index in [1.54, 1.807) is 7.11 Å². The van der Waals surface area contributed by atoms with E-state index in [-0.39, 0.29) is 6.04 Å². The number of benzene rings is 1. The van der Waals surface area contributed by atoms with Crippen molar-refractivity contribution < 1.29 is 4.74 Å². The SMILES string of the molecule is CNC(C)c1c(OC)cccc1N(C)C1CCCC1. The normalized spacial score (nSPS) is 17.5. The van der Waals surface area contributed by atoms with Crippen molar-refractivity contribution in [3.05, 3.63) is 23.8 Å². The fourth-order valence-corrected chi connectivity index (χ4v) is 3.09. The van der Waals surface area contributed by atoms with Gasteiger partial charge in [-0.3, -0.25) is 0 Å². The van der Waals surface area contributed by atoms with Gasteiger partial charge in [0, 0.05) is 30.4 Å². The predicted octanol–water partition coefficient (Wildman–Crippen LogP) is 3.35. The molecule has 0 saturated heterocycles. The van der Waals surface area contributed by atoms with Gasteiger partial charge in [-0.25, -0.2) is 0 Å². The van der Waals surface area contributed by atoms with Crippen LogP contribution in [0.15, 0.2) is 18.2 Å². The van der Waals surface area contributed by atoms with E-state index in [2.05, 4.69) is 42.4 Å². The maximum Gasteiger partial charge on any atom is 0.125 e. The van der Waals surface area contributed by atoms with Crippen LogP contribution in [0.2, 0.25) is 0 Å². The average molecular weight is 262 g/mol. The predicted molar refractivity (Wildman–Crippen MR) is 81.1 cm³/mol. The molecular formula is C16H26N2O. The molecule has 1 unspecified atom stereocenters. The zero-order valence-electron chi connectivity index (χ0n) is 12.6. The van der Waals surface area contributed by atoms with Crippen molar-refractivity contribution in [2.75, 3.05) is 26.1 Å². The highest BCUT2D eigenvalue weighted by Gasteiger charge is 2.24. The van der Waals surface area contributed by atoms with Crippen molar-refractivity contribution in [2.24, 2.45) is 0 Å². The van der Waals surface area contributed by atoms with E-state index < -0.39 is 0 Å². The van der Waals surface area contributed by atoms with Crippen LogP contribution in [0.4, 0.5) is 5.69 Å². The van der Waals surface area contributed by atoms with E-state index in [0.29, 0.717) is 6.04 Å². The third-order valence-corrected chi connectivity index (χ3v) is 4.38. The summed E-state index contributed by atoms with van der Waals surface area (Å²) >= 11 is 0. The van der Waals surface area contributed by atoms with Gasteiger partial charge < -0.3 is 15.0 Å². The Labute approximate surface area is 116 Å². The van der Waals surface area contributed by atoms with Crippen LogP contribution in [0.1, 0.15) is 44.2 Å². The highest BCUT2D eigenvalue weighted by Crippen LogP contribution is 2.37. The standard InChI is InChI=1S/C16H26N2O/c1-12(17-2)16-14(10-7-11-15(16)19-4)18(3)13-8-5-6-9-13/h7,10-13,17H,5-6,8-9H2,1-4H3. The topological polar surface area (TPSA) is 24.5 Å². The summed E-state index contributed by atoms with van der Waals surface area (Å²) in [6.45, 7) is 2.18.